The van der Waals surface area contributed by atoms with Crippen LogP contribution in [0.2, 0.25) is 0 Å². The molecule has 146 valence electrons. The van der Waals surface area contributed by atoms with Gasteiger partial charge in [-0.05, 0) is 11.8 Å². The molecule has 0 radical (unpaired) electrons. The molecule has 0 fully saturated rings. The fourth-order valence-corrected chi connectivity index (χ4v) is 3.52. The van der Waals surface area contributed by atoms with E-state index in [-0.39, 0.29) is 18.9 Å². The molecule has 0 spiro atoms. The first-order valence-corrected chi connectivity index (χ1v) is 10.2. The molecule has 0 unspecified atom stereocenters. The van der Waals surface area contributed by atoms with Crippen molar-refractivity contribution in [3.63, 3.8) is 0 Å². The number of nitrogens with zero attached hydrogens (tertiary/aromatic N) is 2. The van der Waals surface area contributed by atoms with Crippen LogP contribution in [0.5, 0.6) is 0 Å². The van der Waals surface area contributed by atoms with E-state index in [0.29, 0.717) is 30.6 Å². The first-order chi connectivity index (χ1) is 12.8. The van der Waals surface area contributed by atoms with Crippen molar-refractivity contribution in [1.82, 2.24) is 9.88 Å². The summed E-state index contributed by atoms with van der Waals surface area (Å²) in [5.74, 6) is 0.168. The number of benzene rings is 1. The Morgan fingerprint density at radius 1 is 1.07 bits per heavy atom. The zero-order valence-corrected chi connectivity index (χ0v) is 17.3. The summed E-state index contributed by atoms with van der Waals surface area (Å²) in [6.07, 6.45) is 0.0744. The maximum absolute atomic E-state index is 12.4. The minimum Gasteiger partial charge on any atom is -0.455 e. The quantitative estimate of drug-likeness (QED) is 0.609. The largest absolute Gasteiger partial charge is 0.455 e. The molecule has 1 aromatic carbocycles. The van der Waals surface area contributed by atoms with Crippen LogP contribution in [0, 0.1) is 11.8 Å². The number of ether oxygens (including phenoxy) is 1. The molecular formula is C21H28N2O3S. The molecule has 0 saturated carbocycles. The Hall–Kier alpha value is -2.21. The number of hydrogen-bond donors (Lipinski definition) is 0. The lowest BCUT2D eigenvalue weighted by Gasteiger charge is -2.26. The summed E-state index contributed by atoms with van der Waals surface area (Å²) in [7, 11) is 0. The average Bonchev–Trinajstić information content (AvgIpc) is 3.07. The molecule has 0 aliphatic heterocycles. The van der Waals surface area contributed by atoms with Crippen molar-refractivity contribution in [2.24, 2.45) is 11.8 Å². The van der Waals surface area contributed by atoms with Gasteiger partial charge >= 0.3 is 5.97 Å². The van der Waals surface area contributed by atoms with Crippen LogP contribution < -0.4 is 0 Å². The van der Waals surface area contributed by atoms with Crippen LogP contribution >= 0.6 is 11.3 Å². The normalized spacial score (nSPS) is 11.0. The number of aromatic nitrogens is 1. The molecule has 0 saturated heterocycles. The van der Waals surface area contributed by atoms with Gasteiger partial charge < -0.3 is 9.64 Å². The van der Waals surface area contributed by atoms with Crippen LogP contribution in [0.4, 0.5) is 0 Å². The summed E-state index contributed by atoms with van der Waals surface area (Å²) in [6, 6.07) is 9.83. The van der Waals surface area contributed by atoms with Gasteiger partial charge in [-0.1, -0.05) is 58.0 Å². The monoisotopic (exact) mass is 388 g/mol. The Morgan fingerprint density at radius 2 is 1.70 bits per heavy atom. The van der Waals surface area contributed by atoms with Crippen molar-refractivity contribution in [2.75, 3.05) is 19.7 Å². The predicted octanol–water partition coefficient (Wildman–Crippen LogP) is 4.04. The van der Waals surface area contributed by atoms with E-state index in [0.717, 1.165) is 10.6 Å². The van der Waals surface area contributed by atoms with E-state index in [1.807, 2.05) is 35.7 Å². The van der Waals surface area contributed by atoms with Gasteiger partial charge in [-0.3, -0.25) is 9.59 Å². The topological polar surface area (TPSA) is 59.5 Å². The van der Waals surface area contributed by atoms with E-state index in [1.165, 1.54) is 11.3 Å². The van der Waals surface area contributed by atoms with Crippen molar-refractivity contribution in [3.05, 3.63) is 41.4 Å². The molecule has 0 N–H and O–H groups in total. The Labute approximate surface area is 165 Å². The Kier molecular flexibility index (Phi) is 7.98. The average molecular weight is 389 g/mol. The number of esters is 1. The molecule has 0 aliphatic carbocycles. The third-order valence-electron chi connectivity index (χ3n) is 3.78. The highest BCUT2D eigenvalue weighted by atomic mass is 32.1. The van der Waals surface area contributed by atoms with Crippen LogP contribution in [0.3, 0.4) is 0 Å². The molecule has 6 heteroatoms. The molecule has 2 rings (SSSR count). The molecule has 1 amide bonds. The lowest BCUT2D eigenvalue weighted by molar-refractivity contribution is -0.152. The summed E-state index contributed by atoms with van der Waals surface area (Å²) in [5, 5.41) is 2.73. The minimum atomic E-state index is -0.428. The van der Waals surface area contributed by atoms with Crippen LogP contribution in [-0.4, -0.2) is 41.5 Å². The van der Waals surface area contributed by atoms with Gasteiger partial charge in [-0.15, -0.1) is 11.3 Å². The van der Waals surface area contributed by atoms with E-state index >= 15 is 0 Å². The second-order valence-electron chi connectivity index (χ2n) is 7.43. The van der Waals surface area contributed by atoms with Gasteiger partial charge in [0.2, 0.25) is 0 Å². The van der Waals surface area contributed by atoms with Crippen molar-refractivity contribution < 1.29 is 14.3 Å². The SMILES string of the molecule is CC(C)CN(CC(C)C)C(=O)COC(=O)Cc1csc(-c2ccccc2)n1. The van der Waals surface area contributed by atoms with Crippen LogP contribution in [0.15, 0.2) is 35.7 Å². The first kappa shape index (κ1) is 21.1. The highest BCUT2D eigenvalue weighted by Gasteiger charge is 2.18. The van der Waals surface area contributed by atoms with Gasteiger partial charge in [0.15, 0.2) is 6.61 Å². The maximum atomic E-state index is 12.4. The summed E-state index contributed by atoms with van der Waals surface area (Å²) in [6.45, 7) is 9.40. The molecule has 27 heavy (non-hydrogen) atoms. The van der Waals surface area contributed by atoms with Gasteiger partial charge in [0.05, 0.1) is 12.1 Å². The van der Waals surface area contributed by atoms with Gasteiger partial charge in [0.25, 0.3) is 5.91 Å². The van der Waals surface area contributed by atoms with Crippen molar-refractivity contribution in [2.45, 2.75) is 34.1 Å². The van der Waals surface area contributed by atoms with Crippen LogP contribution in [0.25, 0.3) is 10.6 Å². The number of thiazole rings is 1. The zero-order chi connectivity index (χ0) is 19.8. The van der Waals surface area contributed by atoms with E-state index in [9.17, 15) is 9.59 Å². The molecule has 0 atom stereocenters. The predicted molar refractivity (Wildman–Crippen MR) is 108 cm³/mol. The van der Waals surface area contributed by atoms with Gasteiger partial charge in [0, 0.05) is 24.0 Å². The number of amides is 1. The van der Waals surface area contributed by atoms with E-state index in [2.05, 4.69) is 32.7 Å². The van der Waals surface area contributed by atoms with Crippen molar-refractivity contribution >= 4 is 23.2 Å². The Morgan fingerprint density at radius 3 is 2.30 bits per heavy atom. The van der Waals surface area contributed by atoms with E-state index in [4.69, 9.17) is 4.74 Å². The van der Waals surface area contributed by atoms with Gasteiger partial charge in [-0.2, -0.15) is 0 Å². The Balaban J connectivity index is 1.86. The molecule has 0 bridgehead atoms. The highest BCUT2D eigenvalue weighted by molar-refractivity contribution is 7.13. The van der Waals surface area contributed by atoms with E-state index < -0.39 is 5.97 Å². The number of rotatable bonds is 9. The van der Waals surface area contributed by atoms with E-state index in [1.54, 1.807) is 4.90 Å². The number of carbonyl (C=O) groups excluding carboxylic acids is 2. The third kappa shape index (κ3) is 7.13. The third-order valence-corrected chi connectivity index (χ3v) is 4.72. The zero-order valence-electron chi connectivity index (χ0n) is 16.5. The molecule has 1 aromatic heterocycles. The van der Waals surface area contributed by atoms with Crippen molar-refractivity contribution in [3.8, 4) is 10.6 Å². The fraction of sp³-hybridized carbons (Fsp3) is 0.476. The smallest absolute Gasteiger partial charge is 0.312 e. The summed E-state index contributed by atoms with van der Waals surface area (Å²) in [5.41, 5.74) is 1.69. The molecule has 5 nitrogen and oxygen atoms in total. The first-order valence-electron chi connectivity index (χ1n) is 9.28. The summed E-state index contributed by atoms with van der Waals surface area (Å²) in [4.78, 5) is 30.8. The molecule has 0 aliphatic rings. The number of hydrogen-bond acceptors (Lipinski definition) is 5. The molecule has 2 aromatic rings. The van der Waals surface area contributed by atoms with Gasteiger partial charge in [0.1, 0.15) is 5.01 Å². The van der Waals surface area contributed by atoms with Crippen molar-refractivity contribution in [1.29, 1.82) is 0 Å². The lowest BCUT2D eigenvalue weighted by atomic mass is 10.1. The minimum absolute atomic E-state index is 0.0744. The number of carbonyl (C=O) groups is 2. The fourth-order valence-electron chi connectivity index (χ4n) is 2.69. The van der Waals surface area contributed by atoms with Crippen LogP contribution in [0.1, 0.15) is 33.4 Å². The highest BCUT2D eigenvalue weighted by Crippen LogP contribution is 2.23. The molecule has 1 heterocycles. The lowest BCUT2D eigenvalue weighted by Crippen LogP contribution is -2.39. The standard InChI is InChI=1S/C21H28N2O3S/c1-15(2)11-23(12-16(3)4)19(24)13-26-20(25)10-18-14-27-21(22-18)17-8-6-5-7-9-17/h5-9,14-16H,10-13H2,1-4H3. The van der Waals surface area contributed by atoms with Crippen LogP contribution in [-0.2, 0) is 20.7 Å². The molecular weight excluding hydrogens is 360 g/mol. The Bertz CT molecular complexity index is 731. The summed E-state index contributed by atoms with van der Waals surface area (Å²) >= 11 is 1.49. The second-order valence-corrected chi connectivity index (χ2v) is 8.29. The maximum Gasteiger partial charge on any atom is 0.312 e. The second kappa shape index (κ2) is 10.2. The summed E-state index contributed by atoms with van der Waals surface area (Å²) < 4.78 is 5.20. The van der Waals surface area contributed by atoms with Gasteiger partial charge in [-0.25, -0.2) is 4.98 Å².